The third-order valence-corrected chi connectivity index (χ3v) is 2.97. The fraction of sp³-hybridized carbons (Fsp3) is 0.500. The van der Waals surface area contributed by atoms with E-state index < -0.39 is 0 Å². The molecule has 1 aromatic rings. The summed E-state index contributed by atoms with van der Waals surface area (Å²) in [4.78, 5) is 2.42. The van der Waals surface area contributed by atoms with Crippen molar-refractivity contribution in [2.75, 3.05) is 26.2 Å². The summed E-state index contributed by atoms with van der Waals surface area (Å²) < 4.78 is 0. The molecule has 0 bridgehead atoms. The van der Waals surface area contributed by atoms with Gasteiger partial charge in [0, 0.05) is 18.2 Å². The zero-order valence-electron chi connectivity index (χ0n) is 11.7. The lowest BCUT2D eigenvalue weighted by Crippen LogP contribution is -2.39. The van der Waals surface area contributed by atoms with Crippen molar-refractivity contribution in [2.24, 2.45) is 0 Å². The standard InChI is InChI=1S/C16H24N2/c1-4-18(5-2)14-15(3)17-13-9-12-16-10-7-6-8-11-16/h6-8,10-11,15,17H,4-5,13-14H2,1-3H3. The Balaban J connectivity index is 2.27. The first-order valence-electron chi connectivity index (χ1n) is 6.75. The molecule has 2 nitrogen and oxygen atoms in total. The van der Waals surface area contributed by atoms with Crippen molar-refractivity contribution in [3.8, 4) is 11.8 Å². The highest BCUT2D eigenvalue weighted by atomic mass is 15.1. The molecule has 0 amide bonds. The Morgan fingerprint density at radius 1 is 1.17 bits per heavy atom. The predicted octanol–water partition coefficient (Wildman–Crippen LogP) is 2.36. The number of nitrogens with zero attached hydrogens (tertiary/aromatic N) is 1. The van der Waals surface area contributed by atoms with E-state index in [0.717, 1.165) is 31.7 Å². The van der Waals surface area contributed by atoms with Crippen molar-refractivity contribution in [3.63, 3.8) is 0 Å². The Morgan fingerprint density at radius 3 is 2.44 bits per heavy atom. The fourth-order valence-corrected chi connectivity index (χ4v) is 1.83. The second-order valence-electron chi connectivity index (χ2n) is 4.44. The summed E-state index contributed by atoms with van der Waals surface area (Å²) in [6, 6.07) is 10.6. The zero-order valence-corrected chi connectivity index (χ0v) is 11.7. The van der Waals surface area contributed by atoms with E-state index in [2.05, 4.69) is 42.8 Å². The van der Waals surface area contributed by atoms with Gasteiger partial charge in [-0.15, -0.1) is 0 Å². The molecule has 0 aliphatic rings. The molecule has 0 spiro atoms. The quantitative estimate of drug-likeness (QED) is 0.773. The number of hydrogen-bond donors (Lipinski definition) is 1. The molecule has 1 rings (SSSR count). The molecule has 0 radical (unpaired) electrons. The van der Waals surface area contributed by atoms with Crippen LogP contribution in [0.2, 0.25) is 0 Å². The molecule has 0 heterocycles. The lowest BCUT2D eigenvalue weighted by molar-refractivity contribution is 0.274. The monoisotopic (exact) mass is 244 g/mol. The molecule has 1 aromatic carbocycles. The van der Waals surface area contributed by atoms with Gasteiger partial charge in [0.05, 0.1) is 6.54 Å². The molecule has 0 saturated carbocycles. The number of rotatable bonds is 6. The highest BCUT2D eigenvalue weighted by molar-refractivity contribution is 5.33. The molecule has 18 heavy (non-hydrogen) atoms. The topological polar surface area (TPSA) is 15.3 Å². The number of hydrogen-bond acceptors (Lipinski definition) is 2. The first-order chi connectivity index (χ1) is 8.76. The van der Waals surface area contributed by atoms with Crippen molar-refractivity contribution in [1.29, 1.82) is 0 Å². The molecule has 2 heteroatoms. The van der Waals surface area contributed by atoms with Crippen LogP contribution in [-0.4, -0.2) is 37.1 Å². The Hall–Kier alpha value is -1.30. The van der Waals surface area contributed by atoms with Gasteiger partial charge >= 0.3 is 0 Å². The minimum Gasteiger partial charge on any atom is -0.302 e. The molecule has 0 fully saturated rings. The van der Waals surface area contributed by atoms with Crippen molar-refractivity contribution in [2.45, 2.75) is 26.8 Å². The molecule has 0 saturated heterocycles. The Morgan fingerprint density at radius 2 is 1.83 bits per heavy atom. The van der Waals surface area contributed by atoms with E-state index in [1.807, 2.05) is 30.3 Å². The van der Waals surface area contributed by atoms with Crippen LogP contribution in [0.25, 0.3) is 0 Å². The minimum absolute atomic E-state index is 0.481. The molecule has 98 valence electrons. The van der Waals surface area contributed by atoms with Crippen LogP contribution in [0.4, 0.5) is 0 Å². The molecule has 1 N–H and O–H groups in total. The highest BCUT2D eigenvalue weighted by Crippen LogP contribution is 1.94. The van der Waals surface area contributed by atoms with Gasteiger partial charge in [0.2, 0.25) is 0 Å². The summed E-state index contributed by atoms with van der Waals surface area (Å²) in [7, 11) is 0. The predicted molar refractivity (Wildman–Crippen MR) is 78.6 cm³/mol. The maximum atomic E-state index is 3.44. The number of benzene rings is 1. The molecular formula is C16H24N2. The van der Waals surface area contributed by atoms with E-state index in [-0.39, 0.29) is 0 Å². The van der Waals surface area contributed by atoms with Crippen LogP contribution in [-0.2, 0) is 0 Å². The van der Waals surface area contributed by atoms with E-state index in [9.17, 15) is 0 Å². The maximum absolute atomic E-state index is 3.44. The first-order valence-corrected chi connectivity index (χ1v) is 6.75. The molecule has 0 aromatic heterocycles. The summed E-state index contributed by atoms with van der Waals surface area (Å²) >= 11 is 0. The van der Waals surface area contributed by atoms with Crippen molar-refractivity contribution in [1.82, 2.24) is 10.2 Å². The molecule has 1 unspecified atom stereocenters. The van der Waals surface area contributed by atoms with Crippen molar-refractivity contribution < 1.29 is 0 Å². The van der Waals surface area contributed by atoms with Crippen LogP contribution < -0.4 is 5.32 Å². The summed E-state index contributed by atoms with van der Waals surface area (Å²) in [6.45, 7) is 10.7. The van der Waals surface area contributed by atoms with Crippen LogP contribution in [0.5, 0.6) is 0 Å². The van der Waals surface area contributed by atoms with Gasteiger partial charge in [-0.1, -0.05) is 43.9 Å². The minimum atomic E-state index is 0.481. The second kappa shape index (κ2) is 8.74. The van der Waals surface area contributed by atoms with E-state index in [4.69, 9.17) is 0 Å². The van der Waals surface area contributed by atoms with Gasteiger partial charge in [0.15, 0.2) is 0 Å². The van der Waals surface area contributed by atoms with Crippen LogP contribution >= 0.6 is 0 Å². The summed E-state index contributed by atoms with van der Waals surface area (Å²) in [5.74, 6) is 6.32. The summed E-state index contributed by atoms with van der Waals surface area (Å²) in [5.41, 5.74) is 1.08. The van der Waals surface area contributed by atoms with Crippen LogP contribution in [0.3, 0.4) is 0 Å². The van der Waals surface area contributed by atoms with Gasteiger partial charge in [-0.2, -0.15) is 0 Å². The first kappa shape index (κ1) is 14.8. The van der Waals surface area contributed by atoms with Gasteiger partial charge in [0.1, 0.15) is 0 Å². The largest absolute Gasteiger partial charge is 0.302 e. The van der Waals surface area contributed by atoms with Crippen LogP contribution in [0.1, 0.15) is 26.3 Å². The Labute approximate surface area is 111 Å². The van der Waals surface area contributed by atoms with Crippen molar-refractivity contribution >= 4 is 0 Å². The zero-order chi connectivity index (χ0) is 13.2. The lowest BCUT2D eigenvalue weighted by atomic mass is 10.2. The van der Waals surface area contributed by atoms with Crippen LogP contribution in [0, 0.1) is 11.8 Å². The highest BCUT2D eigenvalue weighted by Gasteiger charge is 2.04. The van der Waals surface area contributed by atoms with Gasteiger partial charge in [0.25, 0.3) is 0 Å². The second-order valence-corrected chi connectivity index (χ2v) is 4.44. The number of nitrogens with one attached hydrogen (secondary N) is 1. The van der Waals surface area contributed by atoms with Crippen molar-refractivity contribution in [3.05, 3.63) is 35.9 Å². The molecule has 0 aliphatic carbocycles. The average Bonchev–Trinajstić information content (AvgIpc) is 2.42. The fourth-order valence-electron chi connectivity index (χ4n) is 1.83. The number of likely N-dealkylation sites (N-methyl/N-ethyl adjacent to an activating group) is 1. The van der Waals surface area contributed by atoms with Gasteiger partial charge in [-0.05, 0) is 32.1 Å². The summed E-state index contributed by atoms with van der Waals surface area (Å²) in [5, 5.41) is 3.44. The van der Waals surface area contributed by atoms with Gasteiger partial charge in [-0.25, -0.2) is 0 Å². The van der Waals surface area contributed by atoms with E-state index in [0.29, 0.717) is 6.04 Å². The SMILES string of the molecule is CCN(CC)CC(C)NCC#Cc1ccccc1. The summed E-state index contributed by atoms with van der Waals surface area (Å²) in [6.07, 6.45) is 0. The van der Waals surface area contributed by atoms with E-state index in [1.54, 1.807) is 0 Å². The van der Waals surface area contributed by atoms with Gasteiger partial charge in [-0.3, -0.25) is 0 Å². The molecular weight excluding hydrogens is 220 g/mol. The smallest absolute Gasteiger partial charge is 0.0582 e. The third-order valence-electron chi connectivity index (χ3n) is 2.97. The Kier molecular flexibility index (Phi) is 7.17. The van der Waals surface area contributed by atoms with Crippen LogP contribution in [0.15, 0.2) is 30.3 Å². The third kappa shape index (κ3) is 5.86. The average molecular weight is 244 g/mol. The molecule has 0 aliphatic heterocycles. The Bertz CT molecular complexity index is 371. The van der Waals surface area contributed by atoms with Gasteiger partial charge < -0.3 is 10.2 Å². The maximum Gasteiger partial charge on any atom is 0.0582 e. The normalized spacial score (nSPS) is 12.0. The van der Waals surface area contributed by atoms with E-state index in [1.165, 1.54) is 0 Å². The lowest BCUT2D eigenvalue weighted by Gasteiger charge is -2.22. The molecule has 1 atom stereocenters. The van der Waals surface area contributed by atoms with E-state index >= 15 is 0 Å².